The molecular formula is C27H32FN3O3. The molecule has 6 nitrogen and oxygen atoms in total. The molecule has 3 aromatic rings. The van der Waals surface area contributed by atoms with Crippen molar-refractivity contribution in [2.45, 2.75) is 38.0 Å². The Morgan fingerprint density at radius 3 is 2.65 bits per heavy atom. The van der Waals surface area contributed by atoms with Crippen LogP contribution in [-0.2, 0) is 27.1 Å². The maximum Gasteiger partial charge on any atom is 0.224 e. The zero-order valence-corrected chi connectivity index (χ0v) is 19.4. The van der Waals surface area contributed by atoms with Gasteiger partial charge in [0.25, 0.3) is 0 Å². The molecule has 1 N–H and O–H groups in total. The number of benzene rings is 2. The maximum atomic E-state index is 13.9. The lowest BCUT2D eigenvalue weighted by atomic mass is 10.0. The number of halogens is 1. The largest absolute Gasteiger partial charge is 0.351 e. The zero-order chi connectivity index (χ0) is 23.3. The minimum atomic E-state index is -0.332. The monoisotopic (exact) mass is 465 g/mol. The third-order valence-corrected chi connectivity index (χ3v) is 6.91. The molecule has 180 valence electrons. The number of carbonyl (C=O) groups is 1. The van der Waals surface area contributed by atoms with Crippen molar-refractivity contribution < 1.29 is 18.7 Å². The first-order chi connectivity index (χ1) is 16.7. The van der Waals surface area contributed by atoms with E-state index in [0.29, 0.717) is 32.2 Å². The first-order valence-corrected chi connectivity index (χ1v) is 12.2. The number of likely N-dealkylation sites (tertiary alicyclic amines) is 1. The van der Waals surface area contributed by atoms with E-state index in [1.807, 2.05) is 18.2 Å². The molecule has 2 fully saturated rings. The fourth-order valence-corrected chi connectivity index (χ4v) is 4.99. The average Bonchev–Trinajstić information content (AvgIpc) is 3.53. The summed E-state index contributed by atoms with van der Waals surface area (Å²) in [6.07, 6.45) is 5.04. The quantitative estimate of drug-likeness (QED) is 0.551. The van der Waals surface area contributed by atoms with E-state index in [9.17, 15) is 9.18 Å². The number of ether oxygens (including phenoxy) is 2. The van der Waals surface area contributed by atoms with E-state index in [2.05, 4.69) is 39.2 Å². The van der Waals surface area contributed by atoms with E-state index in [1.54, 1.807) is 6.07 Å². The summed E-state index contributed by atoms with van der Waals surface area (Å²) >= 11 is 0. The Labute approximate surface area is 199 Å². The predicted molar refractivity (Wildman–Crippen MR) is 129 cm³/mol. The molecule has 5 rings (SSSR count). The van der Waals surface area contributed by atoms with Crippen molar-refractivity contribution in [3.05, 3.63) is 71.7 Å². The van der Waals surface area contributed by atoms with Crippen molar-refractivity contribution in [1.82, 2.24) is 14.8 Å². The van der Waals surface area contributed by atoms with Crippen LogP contribution in [0.2, 0.25) is 0 Å². The molecule has 0 saturated carbocycles. The summed E-state index contributed by atoms with van der Waals surface area (Å²) < 4.78 is 27.0. The third kappa shape index (κ3) is 5.49. The number of carbonyl (C=O) groups excluding carboxylic acids is 1. The molecule has 0 spiro atoms. The number of rotatable bonds is 8. The van der Waals surface area contributed by atoms with Crippen molar-refractivity contribution in [1.29, 1.82) is 0 Å². The number of piperidine rings is 1. The molecule has 1 aromatic heterocycles. The van der Waals surface area contributed by atoms with Gasteiger partial charge in [0.15, 0.2) is 6.29 Å². The van der Waals surface area contributed by atoms with Crippen LogP contribution in [0.1, 0.15) is 30.0 Å². The molecule has 2 saturated heterocycles. The molecule has 34 heavy (non-hydrogen) atoms. The third-order valence-electron chi connectivity index (χ3n) is 6.91. The molecule has 0 unspecified atom stereocenters. The Bertz CT molecular complexity index is 1120. The summed E-state index contributed by atoms with van der Waals surface area (Å²) in [6, 6.07) is 15.9. The smallest absolute Gasteiger partial charge is 0.224 e. The van der Waals surface area contributed by atoms with Gasteiger partial charge in [-0.25, -0.2) is 4.39 Å². The lowest BCUT2D eigenvalue weighted by Gasteiger charge is -2.33. The Morgan fingerprint density at radius 1 is 1.06 bits per heavy atom. The van der Waals surface area contributed by atoms with Gasteiger partial charge in [0.1, 0.15) is 5.82 Å². The van der Waals surface area contributed by atoms with Crippen LogP contribution >= 0.6 is 0 Å². The van der Waals surface area contributed by atoms with E-state index in [4.69, 9.17) is 9.47 Å². The van der Waals surface area contributed by atoms with Crippen LogP contribution in [0.4, 0.5) is 4.39 Å². The summed E-state index contributed by atoms with van der Waals surface area (Å²) in [5.74, 6) is -0.138. The Hall–Kier alpha value is -2.74. The van der Waals surface area contributed by atoms with Crippen molar-refractivity contribution in [2.75, 3.05) is 39.4 Å². The van der Waals surface area contributed by atoms with Gasteiger partial charge >= 0.3 is 0 Å². The lowest BCUT2D eigenvalue weighted by molar-refractivity contribution is -0.122. The highest BCUT2D eigenvalue weighted by molar-refractivity contribution is 5.84. The van der Waals surface area contributed by atoms with E-state index in [-0.39, 0.29) is 18.0 Å². The fraction of sp³-hybridized carbons (Fsp3) is 0.444. The molecule has 2 aliphatic rings. The molecule has 1 amide bonds. The second-order valence-corrected chi connectivity index (χ2v) is 9.18. The van der Waals surface area contributed by atoms with Gasteiger partial charge in [-0.2, -0.15) is 0 Å². The van der Waals surface area contributed by atoms with Gasteiger partial charge in [0.05, 0.1) is 26.2 Å². The molecule has 7 heteroatoms. The minimum Gasteiger partial charge on any atom is -0.351 e. The van der Waals surface area contributed by atoms with Crippen LogP contribution in [0, 0.1) is 5.82 Å². The fourth-order valence-electron chi connectivity index (χ4n) is 4.99. The van der Waals surface area contributed by atoms with Crippen LogP contribution in [0.25, 0.3) is 10.9 Å². The molecule has 3 heterocycles. The summed E-state index contributed by atoms with van der Waals surface area (Å²) in [4.78, 5) is 14.8. The predicted octanol–water partition coefficient (Wildman–Crippen LogP) is 3.69. The molecule has 0 aliphatic carbocycles. The van der Waals surface area contributed by atoms with E-state index in [1.165, 1.54) is 17.0 Å². The summed E-state index contributed by atoms with van der Waals surface area (Å²) in [7, 11) is 0. The number of fused-ring (bicyclic) bond motifs is 1. The second-order valence-electron chi connectivity index (χ2n) is 9.18. The highest BCUT2D eigenvalue weighted by Crippen LogP contribution is 2.28. The van der Waals surface area contributed by atoms with Crippen LogP contribution in [0.15, 0.2) is 54.7 Å². The van der Waals surface area contributed by atoms with Crippen LogP contribution in [-0.4, -0.2) is 61.1 Å². The number of nitrogens with zero attached hydrogens (tertiary/aromatic N) is 2. The van der Waals surface area contributed by atoms with Gasteiger partial charge in [-0.15, -0.1) is 0 Å². The number of hydrogen-bond donors (Lipinski definition) is 1. The number of hydrogen-bond acceptors (Lipinski definition) is 4. The average molecular weight is 466 g/mol. The Morgan fingerprint density at radius 2 is 1.85 bits per heavy atom. The van der Waals surface area contributed by atoms with Gasteiger partial charge in [0, 0.05) is 37.4 Å². The maximum absolute atomic E-state index is 13.9. The van der Waals surface area contributed by atoms with Crippen LogP contribution in [0.5, 0.6) is 0 Å². The van der Waals surface area contributed by atoms with Gasteiger partial charge < -0.3 is 24.3 Å². The van der Waals surface area contributed by atoms with E-state index >= 15 is 0 Å². The Balaban J connectivity index is 1.16. The number of nitrogens with one attached hydrogen (secondary N) is 1. The zero-order valence-electron chi connectivity index (χ0n) is 19.4. The highest BCUT2D eigenvalue weighted by Gasteiger charge is 2.22. The van der Waals surface area contributed by atoms with Crippen molar-refractivity contribution in [3.63, 3.8) is 0 Å². The van der Waals surface area contributed by atoms with E-state index < -0.39 is 0 Å². The molecular weight excluding hydrogens is 433 g/mol. The molecule has 0 radical (unpaired) electrons. The van der Waals surface area contributed by atoms with Crippen molar-refractivity contribution >= 4 is 16.8 Å². The first kappa shape index (κ1) is 23.0. The van der Waals surface area contributed by atoms with E-state index in [0.717, 1.165) is 50.0 Å². The van der Waals surface area contributed by atoms with Gasteiger partial charge in [0.2, 0.25) is 5.91 Å². The van der Waals surface area contributed by atoms with Gasteiger partial charge in [-0.3, -0.25) is 4.79 Å². The van der Waals surface area contributed by atoms with Gasteiger partial charge in [-0.05, 0) is 54.0 Å². The van der Waals surface area contributed by atoms with Crippen molar-refractivity contribution in [3.8, 4) is 0 Å². The van der Waals surface area contributed by atoms with Crippen LogP contribution < -0.4 is 5.32 Å². The summed E-state index contributed by atoms with van der Waals surface area (Å²) in [6.45, 7) is 4.44. The number of amides is 1. The summed E-state index contributed by atoms with van der Waals surface area (Å²) in [5.41, 5.74) is 2.97. The molecule has 0 bridgehead atoms. The first-order valence-electron chi connectivity index (χ1n) is 12.2. The van der Waals surface area contributed by atoms with Crippen LogP contribution in [0.3, 0.4) is 0 Å². The highest BCUT2D eigenvalue weighted by atomic mass is 19.1. The number of aromatic nitrogens is 1. The SMILES string of the molecule is O=C(Cc1ccc2ccn(C3CCN(CCc4ccccc4F)CC3)c2c1)NCC1OCCO1. The summed E-state index contributed by atoms with van der Waals surface area (Å²) in [5, 5.41) is 4.09. The van der Waals surface area contributed by atoms with Gasteiger partial charge in [-0.1, -0.05) is 30.3 Å². The van der Waals surface area contributed by atoms with Crippen molar-refractivity contribution in [2.24, 2.45) is 0 Å². The normalized spacial score (nSPS) is 18.0. The second kappa shape index (κ2) is 10.7. The molecule has 0 atom stereocenters. The lowest BCUT2D eigenvalue weighted by Crippen LogP contribution is -2.36. The Kier molecular flexibility index (Phi) is 7.23. The topological polar surface area (TPSA) is 55.7 Å². The minimum absolute atomic E-state index is 0.0280. The standard InChI is InChI=1S/C27H32FN3O3/c28-24-4-2-1-3-21(24)7-11-30-12-9-23(10-13-30)31-14-8-22-6-5-20(17-25(22)31)18-26(32)29-19-27-33-15-16-34-27/h1-6,8,14,17,23,27H,7,9-13,15-16,18-19H2,(H,29,32). The molecule has 2 aromatic carbocycles. The molecule has 2 aliphatic heterocycles.